The Bertz CT molecular complexity index is 1530. The Balaban J connectivity index is 1.39. The maximum atomic E-state index is 13.7. The number of aryl methyl sites for hydroxylation is 1. The van der Waals surface area contributed by atoms with Gasteiger partial charge in [0.05, 0.1) is 44.5 Å². The van der Waals surface area contributed by atoms with Gasteiger partial charge in [-0.25, -0.2) is 22.9 Å². The standard InChI is InChI=1S/C30H42N6O4S2/c1-18(2)40-29(37)34-21-9-7-20(8-10-21)28-32-19(3)27(41-28)25-14-11-22(15-26(25)42(38,39)35-30(4,5)6)33-23-16-31-36(17-23)24-12-13-24/h11,14-18,20-21,24,33,35H,7-10,12-13H2,1-6H3,(H,34,37). The third kappa shape index (κ3) is 7.51. The van der Waals surface area contributed by atoms with E-state index >= 15 is 0 Å². The summed E-state index contributed by atoms with van der Waals surface area (Å²) in [6.45, 7) is 11.1. The van der Waals surface area contributed by atoms with Crippen LogP contribution < -0.4 is 15.4 Å². The van der Waals surface area contributed by atoms with Crippen LogP contribution in [0.5, 0.6) is 0 Å². The number of aromatic nitrogens is 3. The first-order valence-electron chi connectivity index (χ1n) is 14.7. The number of alkyl carbamates (subject to hydrolysis) is 1. The van der Waals surface area contributed by atoms with Gasteiger partial charge in [0.1, 0.15) is 0 Å². The van der Waals surface area contributed by atoms with Gasteiger partial charge in [0.15, 0.2) is 0 Å². The molecule has 0 saturated heterocycles. The highest BCUT2D eigenvalue weighted by molar-refractivity contribution is 7.89. The number of rotatable bonds is 9. The molecule has 3 N–H and O–H groups in total. The number of amides is 1. The van der Waals surface area contributed by atoms with Crippen LogP contribution in [-0.4, -0.2) is 47.0 Å². The van der Waals surface area contributed by atoms with Gasteiger partial charge in [0.25, 0.3) is 0 Å². The summed E-state index contributed by atoms with van der Waals surface area (Å²) >= 11 is 1.57. The van der Waals surface area contributed by atoms with E-state index in [1.807, 2.05) is 64.6 Å². The lowest BCUT2D eigenvalue weighted by atomic mass is 9.86. The van der Waals surface area contributed by atoms with Crippen LogP contribution in [0.15, 0.2) is 35.5 Å². The van der Waals surface area contributed by atoms with Crippen LogP contribution in [0.1, 0.15) is 95.8 Å². The van der Waals surface area contributed by atoms with Crippen molar-refractivity contribution in [3.05, 3.63) is 41.3 Å². The lowest BCUT2D eigenvalue weighted by Gasteiger charge is -2.28. The van der Waals surface area contributed by atoms with Gasteiger partial charge < -0.3 is 15.4 Å². The van der Waals surface area contributed by atoms with Gasteiger partial charge >= 0.3 is 6.09 Å². The summed E-state index contributed by atoms with van der Waals surface area (Å²) in [5.74, 6) is 0.262. The first kappa shape index (κ1) is 30.5. The van der Waals surface area contributed by atoms with E-state index < -0.39 is 15.6 Å². The molecule has 0 aliphatic heterocycles. The zero-order valence-electron chi connectivity index (χ0n) is 25.2. The molecule has 2 aromatic heterocycles. The highest BCUT2D eigenvalue weighted by Gasteiger charge is 2.30. The molecule has 2 saturated carbocycles. The van der Waals surface area contributed by atoms with Gasteiger partial charge in [-0.2, -0.15) is 5.10 Å². The number of thiazole rings is 1. The van der Waals surface area contributed by atoms with Gasteiger partial charge in [-0.15, -0.1) is 11.3 Å². The first-order valence-corrected chi connectivity index (χ1v) is 17.0. The van der Waals surface area contributed by atoms with Crippen LogP contribution in [0, 0.1) is 6.92 Å². The summed E-state index contributed by atoms with van der Waals surface area (Å²) in [5, 5.41) is 11.8. The van der Waals surface area contributed by atoms with Crippen molar-refractivity contribution in [1.29, 1.82) is 0 Å². The maximum absolute atomic E-state index is 13.7. The molecule has 2 aliphatic rings. The average molecular weight is 615 g/mol. The van der Waals surface area contributed by atoms with Gasteiger partial charge in [-0.1, -0.05) is 6.07 Å². The SMILES string of the molecule is Cc1nc(C2CCC(NC(=O)OC(C)C)CC2)sc1-c1ccc(Nc2cnn(C3CC3)c2)cc1S(=O)(=O)NC(C)(C)C. The minimum Gasteiger partial charge on any atom is -0.447 e. The van der Waals surface area contributed by atoms with Crippen molar-refractivity contribution in [2.75, 3.05) is 5.32 Å². The molecule has 1 aromatic carbocycles. The Morgan fingerprint density at radius 1 is 1.10 bits per heavy atom. The smallest absolute Gasteiger partial charge is 0.407 e. The third-order valence-corrected chi connectivity index (χ3v) is 10.5. The van der Waals surface area contributed by atoms with Crippen molar-refractivity contribution in [3.8, 4) is 10.4 Å². The topological polar surface area (TPSA) is 127 Å². The van der Waals surface area contributed by atoms with Gasteiger partial charge in [0, 0.05) is 34.9 Å². The molecule has 2 fully saturated rings. The number of nitrogens with one attached hydrogen (secondary N) is 3. The maximum Gasteiger partial charge on any atom is 0.407 e. The predicted molar refractivity (Wildman–Crippen MR) is 166 cm³/mol. The monoisotopic (exact) mass is 614 g/mol. The molecule has 2 aliphatic carbocycles. The number of ether oxygens (including phenoxy) is 1. The van der Waals surface area contributed by atoms with Crippen LogP contribution >= 0.6 is 11.3 Å². The van der Waals surface area contributed by atoms with Crippen LogP contribution in [0.25, 0.3) is 10.4 Å². The largest absolute Gasteiger partial charge is 0.447 e. The number of sulfonamides is 1. The molecule has 10 nitrogen and oxygen atoms in total. The molecular formula is C30H42N6O4S2. The van der Waals surface area contributed by atoms with Crippen molar-refractivity contribution in [2.24, 2.45) is 0 Å². The fourth-order valence-corrected chi connectivity index (χ4v) is 8.32. The van der Waals surface area contributed by atoms with Crippen molar-refractivity contribution < 1.29 is 17.9 Å². The molecular weight excluding hydrogens is 573 g/mol. The number of carbonyl (C=O) groups is 1. The van der Waals surface area contributed by atoms with E-state index in [4.69, 9.17) is 9.72 Å². The Morgan fingerprint density at radius 2 is 1.81 bits per heavy atom. The van der Waals surface area contributed by atoms with Crippen molar-refractivity contribution in [3.63, 3.8) is 0 Å². The fourth-order valence-electron chi connectivity index (χ4n) is 5.32. The molecule has 0 spiro atoms. The minimum atomic E-state index is -3.85. The van der Waals surface area contributed by atoms with Crippen LogP contribution in [0.2, 0.25) is 0 Å². The van der Waals surface area contributed by atoms with Crippen LogP contribution in [-0.2, 0) is 14.8 Å². The Labute approximate surface area is 252 Å². The zero-order valence-corrected chi connectivity index (χ0v) is 26.9. The van der Waals surface area contributed by atoms with E-state index in [-0.39, 0.29) is 29.1 Å². The average Bonchev–Trinajstić information content (AvgIpc) is 3.51. The van der Waals surface area contributed by atoms with E-state index in [0.717, 1.165) is 59.8 Å². The van der Waals surface area contributed by atoms with E-state index in [1.165, 1.54) is 0 Å². The summed E-state index contributed by atoms with van der Waals surface area (Å²) in [7, 11) is -3.85. The second-order valence-corrected chi connectivity index (χ2v) is 15.4. The summed E-state index contributed by atoms with van der Waals surface area (Å²) in [5.41, 5.74) is 2.30. The minimum absolute atomic E-state index is 0.0877. The zero-order chi connectivity index (χ0) is 30.2. The van der Waals surface area contributed by atoms with E-state index in [1.54, 1.807) is 23.6 Å². The molecule has 1 amide bonds. The molecule has 3 aromatic rings. The molecule has 0 radical (unpaired) electrons. The van der Waals surface area contributed by atoms with Crippen LogP contribution in [0.3, 0.4) is 0 Å². The second-order valence-electron chi connectivity index (χ2n) is 12.7. The second kappa shape index (κ2) is 12.0. The van der Waals surface area contributed by atoms with Crippen molar-refractivity contribution >= 4 is 38.8 Å². The number of nitrogens with zero attached hydrogens (tertiary/aromatic N) is 3. The molecule has 12 heteroatoms. The van der Waals surface area contributed by atoms with Crippen LogP contribution in [0.4, 0.5) is 16.2 Å². The molecule has 0 unspecified atom stereocenters. The van der Waals surface area contributed by atoms with Gasteiger partial charge in [-0.3, -0.25) is 4.68 Å². The Hall–Kier alpha value is -2.96. The quantitative estimate of drug-likeness (QED) is 0.247. The Morgan fingerprint density at radius 3 is 2.45 bits per heavy atom. The predicted octanol–water partition coefficient (Wildman–Crippen LogP) is 6.63. The number of hydrogen-bond acceptors (Lipinski definition) is 8. The number of anilines is 2. The third-order valence-electron chi connectivity index (χ3n) is 7.32. The number of benzene rings is 1. The lowest BCUT2D eigenvalue weighted by Crippen LogP contribution is -2.40. The fraction of sp³-hybridized carbons (Fsp3) is 0.567. The summed E-state index contributed by atoms with van der Waals surface area (Å²) in [6.07, 6.45) is 8.97. The van der Waals surface area contributed by atoms with Crippen molar-refractivity contribution in [1.82, 2.24) is 24.8 Å². The van der Waals surface area contributed by atoms with Gasteiger partial charge in [-0.05, 0) is 92.2 Å². The number of hydrogen-bond donors (Lipinski definition) is 3. The summed E-state index contributed by atoms with van der Waals surface area (Å²) in [4.78, 5) is 18.0. The Kier molecular flexibility index (Phi) is 8.69. The van der Waals surface area contributed by atoms with Crippen molar-refractivity contribution in [2.45, 2.75) is 115 Å². The summed E-state index contributed by atoms with van der Waals surface area (Å²) < 4.78 is 37.5. The molecule has 228 valence electrons. The first-order chi connectivity index (χ1) is 19.8. The van der Waals surface area contributed by atoms with E-state index in [0.29, 0.717) is 17.3 Å². The molecule has 0 atom stereocenters. The van der Waals surface area contributed by atoms with E-state index in [2.05, 4.69) is 20.5 Å². The highest BCUT2D eigenvalue weighted by Crippen LogP contribution is 2.42. The van der Waals surface area contributed by atoms with Gasteiger partial charge in [0.2, 0.25) is 10.0 Å². The highest BCUT2D eigenvalue weighted by atomic mass is 32.2. The normalized spacial score (nSPS) is 19.6. The number of carbonyl (C=O) groups excluding carboxylic acids is 1. The van der Waals surface area contributed by atoms with E-state index in [9.17, 15) is 13.2 Å². The molecule has 42 heavy (non-hydrogen) atoms. The summed E-state index contributed by atoms with van der Waals surface area (Å²) in [6, 6.07) is 6.03. The molecule has 5 rings (SSSR count). The molecule has 0 bridgehead atoms. The lowest BCUT2D eigenvalue weighted by molar-refractivity contribution is 0.109. The molecule has 2 heterocycles.